The van der Waals surface area contributed by atoms with Crippen molar-refractivity contribution < 1.29 is 14.1 Å². The predicted molar refractivity (Wildman–Crippen MR) is 92.8 cm³/mol. The van der Waals surface area contributed by atoms with Gasteiger partial charge in [0.15, 0.2) is 0 Å². The summed E-state index contributed by atoms with van der Waals surface area (Å²) >= 11 is 0. The lowest BCUT2D eigenvalue weighted by atomic mass is 10.1. The maximum Gasteiger partial charge on any atom is 0.270 e. The fourth-order valence-corrected chi connectivity index (χ4v) is 2.17. The summed E-state index contributed by atoms with van der Waals surface area (Å²) in [6, 6.07) is 11.3. The molecule has 0 radical (unpaired) electrons. The van der Waals surface area contributed by atoms with E-state index in [9.17, 15) is 10.1 Å². The quantitative estimate of drug-likeness (QED) is 0.417. The van der Waals surface area contributed by atoms with E-state index in [0.29, 0.717) is 22.8 Å². The number of pyridine rings is 1. The molecule has 1 N–H and O–H groups in total. The second-order valence-corrected chi connectivity index (χ2v) is 4.95. The van der Waals surface area contributed by atoms with Crippen molar-refractivity contribution in [2.75, 3.05) is 12.5 Å². The summed E-state index contributed by atoms with van der Waals surface area (Å²) in [5.74, 6) is 1.43. The number of hydrogen-bond acceptors (Lipinski definition) is 7. The van der Waals surface area contributed by atoms with Crippen molar-refractivity contribution in [3.05, 3.63) is 70.7 Å². The zero-order valence-corrected chi connectivity index (χ0v) is 13.2. The van der Waals surface area contributed by atoms with Crippen LogP contribution in [0.2, 0.25) is 0 Å². The molecule has 0 aliphatic rings. The van der Waals surface area contributed by atoms with Crippen LogP contribution in [0.15, 0.2) is 64.4 Å². The summed E-state index contributed by atoms with van der Waals surface area (Å²) in [6.45, 7) is 0. The molecule has 0 atom stereocenters. The van der Waals surface area contributed by atoms with E-state index in [-0.39, 0.29) is 5.69 Å². The number of nitro benzene ring substituents is 1. The van der Waals surface area contributed by atoms with Gasteiger partial charge in [0.05, 0.1) is 29.5 Å². The molecule has 2 heterocycles. The van der Waals surface area contributed by atoms with E-state index >= 15 is 0 Å². The van der Waals surface area contributed by atoms with E-state index < -0.39 is 4.92 Å². The molecule has 0 aliphatic carbocycles. The van der Waals surface area contributed by atoms with E-state index in [2.05, 4.69) is 15.5 Å². The second-order valence-electron chi connectivity index (χ2n) is 4.95. The Balaban J connectivity index is 1.81. The first-order valence-electron chi connectivity index (χ1n) is 7.29. The van der Waals surface area contributed by atoms with Gasteiger partial charge in [0.25, 0.3) is 5.69 Å². The number of hydrazone groups is 1. The van der Waals surface area contributed by atoms with Crippen LogP contribution in [0.25, 0.3) is 11.3 Å². The lowest BCUT2D eigenvalue weighted by Crippen LogP contribution is -1.92. The molecule has 0 unspecified atom stereocenters. The number of benzene rings is 1. The van der Waals surface area contributed by atoms with Gasteiger partial charge in [0.1, 0.15) is 17.3 Å². The van der Waals surface area contributed by atoms with E-state index in [1.165, 1.54) is 31.5 Å². The summed E-state index contributed by atoms with van der Waals surface area (Å²) in [6.07, 6.45) is 4.81. The first-order valence-corrected chi connectivity index (χ1v) is 7.29. The number of non-ortho nitro benzene ring substituents is 1. The highest BCUT2D eigenvalue weighted by Gasteiger charge is 2.15. The second kappa shape index (κ2) is 7.26. The van der Waals surface area contributed by atoms with Gasteiger partial charge in [-0.3, -0.25) is 20.5 Å². The van der Waals surface area contributed by atoms with Gasteiger partial charge in [0.2, 0.25) is 0 Å². The molecule has 8 heteroatoms. The first-order chi connectivity index (χ1) is 12.2. The topological polar surface area (TPSA) is 103 Å². The third-order valence-electron chi connectivity index (χ3n) is 3.35. The van der Waals surface area contributed by atoms with Gasteiger partial charge in [-0.05, 0) is 30.3 Å². The Kier molecular flexibility index (Phi) is 4.70. The van der Waals surface area contributed by atoms with Gasteiger partial charge in [0, 0.05) is 24.5 Å². The van der Waals surface area contributed by atoms with Gasteiger partial charge in [-0.2, -0.15) is 5.10 Å². The van der Waals surface area contributed by atoms with Gasteiger partial charge in [-0.25, -0.2) is 0 Å². The number of nitrogens with zero attached hydrogens (tertiary/aromatic N) is 3. The molecule has 1 aromatic carbocycles. The lowest BCUT2D eigenvalue weighted by Gasteiger charge is -2.05. The van der Waals surface area contributed by atoms with E-state index in [1.807, 2.05) is 0 Å². The average Bonchev–Trinajstić information content (AvgIpc) is 3.10. The summed E-state index contributed by atoms with van der Waals surface area (Å²) in [7, 11) is 1.49. The fourth-order valence-electron chi connectivity index (χ4n) is 2.17. The molecule has 3 rings (SSSR count). The molecular weight excluding hydrogens is 324 g/mol. The van der Waals surface area contributed by atoms with Crippen LogP contribution in [0.5, 0.6) is 5.75 Å². The third-order valence-corrected chi connectivity index (χ3v) is 3.35. The molecule has 0 aliphatic heterocycles. The van der Waals surface area contributed by atoms with E-state index in [1.54, 1.807) is 36.7 Å². The van der Waals surface area contributed by atoms with Crippen LogP contribution in [0, 0.1) is 10.1 Å². The van der Waals surface area contributed by atoms with Crippen LogP contribution in [0.3, 0.4) is 0 Å². The maximum absolute atomic E-state index is 11.0. The van der Waals surface area contributed by atoms with E-state index in [4.69, 9.17) is 9.15 Å². The Labute approximate surface area is 142 Å². The fraction of sp³-hybridized carbons (Fsp3) is 0.0588. The molecule has 2 aromatic heterocycles. The summed E-state index contributed by atoms with van der Waals surface area (Å²) in [5.41, 5.74) is 4.09. The van der Waals surface area contributed by atoms with Gasteiger partial charge >= 0.3 is 0 Å². The zero-order valence-electron chi connectivity index (χ0n) is 13.2. The van der Waals surface area contributed by atoms with Crippen molar-refractivity contribution in [3.63, 3.8) is 0 Å². The van der Waals surface area contributed by atoms with Crippen LogP contribution in [-0.2, 0) is 0 Å². The van der Waals surface area contributed by atoms with Gasteiger partial charge < -0.3 is 9.15 Å². The minimum Gasteiger partial charge on any atom is -0.496 e. The molecule has 0 saturated heterocycles. The smallest absolute Gasteiger partial charge is 0.270 e. The summed E-state index contributed by atoms with van der Waals surface area (Å²) in [4.78, 5) is 14.4. The standard InChI is InChI=1S/C17H14N4O4/c1-24-16-4-2-13(21(22)23)10-15(16)17-5-3-14(25-17)11-19-20-12-6-8-18-9-7-12/h2-11H,1H3,(H,18,20)/b19-11+. The van der Waals surface area contributed by atoms with Gasteiger partial charge in [-0.1, -0.05) is 0 Å². The minimum atomic E-state index is -0.465. The Morgan fingerprint density at radius 3 is 2.76 bits per heavy atom. The normalized spacial score (nSPS) is 10.8. The molecule has 0 amide bonds. The van der Waals surface area contributed by atoms with Crippen LogP contribution in [0.1, 0.15) is 5.76 Å². The van der Waals surface area contributed by atoms with Crippen molar-refractivity contribution >= 4 is 17.6 Å². The van der Waals surface area contributed by atoms with Crippen molar-refractivity contribution in [2.45, 2.75) is 0 Å². The van der Waals surface area contributed by atoms with Crippen molar-refractivity contribution in [1.29, 1.82) is 0 Å². The molecule has 25 heavy (non-hydrogen) atoms. The number of anilines is 1. The molecule has 0 bridgehead atoms. The van der Waals surface area contributed by atoms with Crippen molar-refractivity contribution in [1.82, 2.24) is 4.98 Å². The number of furan rings is 1. The number of ether oxygens (including phenoxy) is 1. The highest BCUT2D eigenvalue weighted by atomic mass is 16.6. The maximum atomic E-state index is 11.0. The molecule has 8 nitrogen and oxygen atoms in total. The minimum absolute atomic E-state index is 0.0400. The average molecular weight is 338 g/mol. The van der Waals surface area contributed by atoms with Crippen molar-refractivity contribution in [3.8, 4) is 17.1 Å². The van der Waals surface area contributed by atoms with Crippen LogP contribution in [-0.4, -0.2) is 23.2 Å². The van der Waals surface area contributed by atoms with Crippen molar-refractivity contribution in [2.24, 2.45) is 5.10 Å². The molecular formula is C17H14N4O4. The first kappa shape index (κ1) is 16.2. The highest BCUT2D eigenvalue weighted by Crippen LogP contribution is 2.34. The summed E-state index contributed by atoms with van der Waals surface area (Å²) < 4.78 is 10.9. The monoisotopic (exact) mass is 338 g/mol. The largest absolute Gasteiger partial charge is 0.496 e. The predicted octanol–water partition coefficient (Wildman–Crippen LogP) is 3.70. The van der Waals surface area contributed by atoms with Crippen LogP contribution in [0.4, 0.5) is 11.4 Å². The third kappa shape index (κ3) is 3.81. The number of nitro groups is 1. The Bertz CT molecular complexity index is 906. The lowest BCUT2D eigenvalue weighted by molar-refractivity contribution is -0.384. The number of rotatable bonds is 6. The number of aromatic nitrogens is 1. The van der Waals surface area contributed by atoms with E-state index in [0.717, 1.165) is 5.69 Å². The number of hydrogen-bond donors (Lipinski definition) is 1. The Morgan fingerprint density at radius 2 is 2.04 bits per heavy atom. The van der Waals surface area contributed by atoms with Gasteiger partial charge in [-0.15, -0.1) is 0 Å². The van der Waals surface area contributed by atoms with Crippen LogP contribution >= 0.6 is 0 Å². The zero-order chi connectivity index (χ0) is 17.6. The SMILES string of the molecule is COc1ccc([N+](=O)[O-])cc1-c1ccc(/C=N/Nc2ccncc2)o1. The molecule has 126 valence electrons. The van der Waals surface area contributed by atoms with Crippen LogP contribution < -0.4 is 10.2 Å². The molecule has 0 spiro atoms. The number of methoxy groups -OCH3 is 1. The summed E-state index contributed by atoms with van der Waals surface area (Å²) in [5, 5.41) is 15.0. The Hall–Kier alpha value is -3.68. The molecule has 0 saturated carbocycles. The Morgan fingerprint density at radius 1 is 1.24 bits per heavy atom. The molecule has 0 fully saturated rings. The number of nitrogens with one attached hydrogen (secondary N) is 1. The molecule has 3 aromatic rings. The highest BCUT2D eigenvalue weighted by molar-refractivity contribution is 5.79.